The zero-order valence-electron chi connectivity index (χ0n) is 15.5. The van der Waals surface area contributed by atoms with Crippen LogP contribution in [0.4, 0.5) is 8.78 Å². The summed E-state index contributed by atoms with van der Waals surface area (Å²) in [6.45, 7) is 0.105. The number of halogens is 2. The van der Waals surface area contributed by atoms with Crippen molar-refractivity contribution in [3.63, 3.8) is 0 Å². The number of nitrogens with one attached hydrogen (secondary N) is 2. The highest BCUT2D eigenvalue weighted by Gasteiger charge is 2.31. The first kappa shape index (κ1) is 19.0. The third-order valence-corrected chi connectivity index (χ3v) is 5.07. The maximum Gasteiger partial charge on any atom is 0.253 e. The number of amides is 1. The van der Waals surface area contributed by atoms with Gasteiger partial charge in [-0.05, 0) is 24.1 Å². The number of allylic oxidation sites excluding steroid dienone is 2. The predicted molar refractivity (Wildman–Crippen MR) is 107 cm³/mol. The van der Waals surface area contributed by atoms with Crippen molar-refractivity contribution < 1.29 is 13.6 Å². The van der Waals surface area contributed by atoms with Gasteiger partial charge in [-0.3, -0.25) is 14.6 Å². The van der Waals surface area contributed by atoms with Crippen LogP contribution in [0.3, 0.4) is 0 Å². The van der Waals surface area contributed by atoms with E-state index in [2.05, 4.69) is 15.3 Å². The van der Waals surface area contributed by atoms with Crippen LogP contribution in [0.2, 0.25) is 0 Å². The Morgan fingerprint density at radius 2 is 2.10 bits per heavy atom. The fourth-order valence-corrected chi connectivity index (χ4v) is 3.46. The summed E-state index contributed by atoms with van der Waals surface area (Å²) >= 11 is 0. The second-order valence-corrected chi connectivity index (χ2v) is 7.10. The number of pyridine rings is 2. The van der Waals surface area contributed by atoms with Gasteiger partial charge in [-0.15, -0.1) is 0 Å². The van der Waals surface area contributed by atoms with Crippen molar-refractivity contribution in [1.82, 2.24) is 15.3 Å². The third kappa shape index (κ3) is 4.08. The van der Waals surface area contributed by atoms with Crippen LogP contribution >= 0.6 is 0 Å². The van der Waals surface area contributed by atoms with E-state index in [1.54, 1.807) is 24.3 Å². The van der Waals surface area contributed by atoms with Crippen molar-refractivity contribution in [2.75, 3.05) is 0 Å². The van der Waals surface area contributed by atoms with E-state index in [0.29, 0.717) is 23.1 Å². The zero-order chi connectivity index (χ0) is 20.4. The molecule has 1 aromatic carbocycles. The van der Waals surface area contributed by atoms with Gasteiger partial charge in [-0.1, -0.05) is 30.3 Å². The summed E-state index contributed by atoms with van der Waals surface area (Å²) in [7, 11) is 0. The lowest BCUT2D eigenvalue weighted by Crippen LogP contribution is -2.26. The number of carbonyl (C=O) groups is 1. The molecule has 0 aliphatic heterocycles. The van der Waals surface area contributed by atoms with Gasteiger partial charge in [0.05, 0.1) is 11.1 Å². The molecule has 148 valence electrons. The molecule has 2 N–H and O–H groups in total. The highest BCUT2D eigenvalue weighted by atomic mass is 19.3. The number of carbonyl (C=O) groups excluding carboxylic acids is 1. The molecule has 2 heterocycles. The molecule has 5 nitrogen and oxygen atoms in total. The Hall–Kier alpha value is -3.35. The molecule has 0 radical (unpaired) electrons. The van der Waals surface area contributed by atoms with E-state index >= 15 is 0 Å². The monoisotopic (exact) mass is 395 g/mol. The second kappa shape index (κ2) is 7.58. The van der Waals surface area contributed by atoms with Gasteiger partial charge >= 0.3 is 0 Å². The fraction of sp³-hybridized carbons (Fsp3) is 0.227. The van der Waals surface area contributed by atoms with Crippen LogP contribution in [-0.4, -0.2) is 21.8 Å². The highest BCUT2D eigenvalue weighted by Crippen LogP contribution is 2.37. The number of hydrogen-bond donors (Lipinski definition) is 2. The Kier molecular flexibility index (Phi) is 4.96. The first-order valence-electron chi connectivity index (χ1n) is 9.34. The van der Waals surface area contributed by atoms with Gasteiger partial charge in [0.25, 0.3) is 17.4 Å². The normalized spacial score (nSPS) is 15.7. The van der Waals surface area contributed by atoms with Crippen LogP contribution in [0.25, 0.3) is 16.5 Å². The van der Waals surface area contributed by atoms with Crippen LogP contribution in [0.15, 0.2) is 59.7 Å². The van der Waals surface area contributed by atoms with Gasteiger partial charge in [-0.2, -0.15) is 0 Å². The van der Waals surface area contributed by atoms with Crippen LogP contribution in [0.5, 0.6) is 0 Å². The average Bonchev–Trinajstić information content (AvgIpc) is 2.72. The summed E-state index contributed by atoms with van der Waals surface area (Å²) in [6.07, 6.45) is 4.43. The van der Waals surface area contributed by atoms with Crippen LogP contribution in [-0.2, 0) is 6.54 Å². The van der Waals surface area contributed by atoms with E-state index < -0.39 is 5.92 Å². The van der Waals surface area contributed by atoms with Gasteiger partial charge in [0.2, 0.25) is 0 Å². The minimum Gasteiger partial charge on any atom is -0.348 e. The SMILES string of the molecule is O=C(NCc1ccc[nH]c1=O)c1cnc2c(C3=CCC(F)(F)CC3)cccc2c1. The van der Waals surface area contributed by atoms with E-state index in [1.165, 1.54) is 12.4 Å². The number of alkyl halides is 2. The third-order valence-electron chi connectivity index (χ3n) is 5.07. The number of benzene rings is 1. The van der Waals surface area contributed by atoms with Gasteiger partial charge in [0.1, 0.15) is 0 Å². The molecule has 1 amide bonds. The van der Waals surface area contributed by atoms with Crippen molar-refractivity contribution in [3.05, 3.63) is 81.9 Å². The molecule has 0 bridgehead atoms. The summed E-state index contributed by atoms with van der Waals surface area (Å²) in [4.78, 5) is 31.2. The molecule has 1 aliphatic rings. The Balaban J connectivity index is 1.57. The summed E-state index contributed by atoms with van der Waals surface area (Å²) in [5.74, 6) is -2.99. The second-order valence-electron chi connectivity index (χ2n) is 7.10. The van der Waals surface area contributed by atoms with Crippen molar-refractivity contribution in [2.24, 2.45) is 0 Å². The minimum absolute atomic E-state index is 0.105. The fourth-order valence-electron chi connectivity index (χ4n) is 3.46. The Bertz CT molecular complexity index is 1170. The number of aromatic amines is 1. The number of rotatable bonds is 4. The molecule has 0 unspecified atom stereocenters. The summed E-state index contributed by atoms with van der Waals surface area (Å²) in [6, 6.07) is 10.6. The molecule has 3 aromatic rings. The van der Waals surface area contributed by atoms with E-state index in [4.69, 9.17) is 0 Å². The number of fused-ring (bicyclic) bond motifs is 1. The Morgan fingerprint density at radius 3 is 2.86 bits per heavy atom. The lowest BCUT2D eigenvalue weighted by molar-refractivity contribution is -0.00602. The molecule has 4 rings (SSSR count). The molecular weight excluding hydrogens is 376 g/mol. The lowest BCUT2D eigenvalue weighted by Gasteiger charge is -2.22. The number of aromatic nitrogens is 2. The van der Waals surface area contributed by atoms with Gasteiger partial charge in [0.15, 0.2) is 0 Å². The molecule has 7 heteroatoms. The Labute approximate surface area is 165 Å². The van der Waals surface area contributed by atoms with Gasteiger partial charge in [0, 0.05) is 48.3 Å². The van der Waals surface area contributed by atoms with Gasteiger partial charge < -0.3 is 10.3 Å². The maximum absolute atomic E-state index is 13.4. The van der Waals surface area contributed by atoms with Crippen molar-refractivity contribution >= 4 is 22.4 Å². The molecule has 1 aliphatic carbocycles. The molecule has 0 fully saturated rings. The van der Waals surface area contributed by atoms with Gasteiger partial charge in [-0.25, -0.2) is 8.78 Å². The average molecular weight is 395 g/mol. The largest absolute Gasteiger partial charge is 0.348 e. The van der Waals surface area contributed by atoms with Crippen LogP contribution in [0.1, 0.15) is 40.7 Å². The van der Waals surface area contributed by atoms with E-state index in [0.717, 1.165) is 16.5 Å². The molecular formula is C22H19F2N3O2. The first-order chi connectivity index (χ1) is 13.9. The quantitative estimate of drug-likeness (QED) is 0.700. The highest BCUT2D eigenvalue weighted by molar-refractivity contribution is 5.99. The van der Waals surface area contributed by atoms with Crippen molar-refractivity contribution in [2.45, 2.75) is 31.7 Å². The molecule has 0 spiro atoms. The molecule has 0 atom stereocenters. The molecule has 0 saturated carbocycles. The number of hydrogen-bond acceptors (Lipinski definition) is 3. The van der Waals surface area contributed by atoms with Crippen molar-refractivity contribution in [1.29, 1.82) is 0 Å². The minimum atomic E-state index is -2.65. The van der Waals surface area contributed by atoms with E-state index in [-0.39, 0.29) is 30.9 Å². The number of H-pyrrole nitrogens is 1. The summed E-state index contributed by atoms with van der Waals surface area (Å²) in [5, 5.41) is 3.47. The number of nitrogens with zero attached hydrogens (tertiary/aromatic N) is 1. The van der Waals surface area contributed by atoms with Crippen LogP contribution in [0, 0.1) is 0 Å². The smallest absolute Gasteiger partial charge is 0.253 e. The molecule has 0 saturated heterocycles. The summed E-state index contributed by atoms with van der Waals surface area (Å²) in [5.41, 5.74) is 2.93. The molecule has 2 aromatic heterocycles. The standard InChI is InChI=1S/C22H19F2N3O2/c23-22(24)8-6-14(7-9-22)18-5-1-3-15-11-17(13-26-19(15)18)21(29)27-12-16-4-2-10-25-20(16)28/h1-6,10-11,13H,7-9,12H2,(H,25,28)(H,27,29). The topological polar surface area (TPSA) is 74.8 Å². The van der Waals surface area contributed by atoms with E-state index in [1.807, 2.05) is 18.2 Å². The number of para-hydroxylation sites is 1. The lowest BCUT2D eigenvalue weighted by atomic mass is 9.90. The van der Waals surface area contributed by atoms with Crippen molar-refractivity contribution in [3.8, 4) is 0 Å². The molecule has 29 heavy (non-hydrogen) atoms. The van der Waals surface area contributed by atoms with E-state index in [9.17, 15) is 18.4 Å². The summed E-state index contributed by atoms with van der Waals surface area (Å²) < 4.78 is 26.9. The Morgan fingerprint density at radius 1 is 1.24 bits per heavy atom. The maximum atomic E-state index is 13.4. The predicted octanol–water partition coefficient (Wildman–Crippen LogP) is 4.06. The first-order valence-corrected chi connectivity index (χ1v) is 9.34. The zero-order valence-corrected chi connectivity index (χ0v) is 15.5. The van der Waals surface area contributed by atoms with Crippen LogP contribution < -0.4 is 10.9 Å².